The maximum atomic E-state index is 14.0. The number of nitrogens with one attached hydrogen (secondary N) is 1. The molecule has 0 fully saturated rings. The summed E-state index contributed by atoms with van der Waals surface area (Å²) in [5.41, 5.74) is 0.102. The largest absolute Gasteiger partial charge is 0.481 e. The minimum atomic E-state index is -1.26. The summed E-state index contributed by atoms with van der Waals surface area (Å²) in [6.07, 6.45) is -2.25. The Bertz CT molecular complexity index is 914. The van der Waals surface area contributed by atoms with E-state index in [1.165, 1.54) is 6.07 Å². The van der Waals surface area contributed by atoms with Gasteiger partial charge in [-0.1, -0.05) is 36.4 Å². The molecule has 174 valence electrons. The first-order valence-electron chi connectivity index (χ1n) is 10.3. The first-order chi connectivity index (χ1) is 14.9. The molecule has 0 aliphatic heterocycles. The van der Waals surface area contributed by atoms with Crippen LogP contribution in [0.25, 0.3) is 0 Å². The number of amides is 1. The van der Waals surface area contributed by atoms with Gasteiger partial charge in [-0.25, -0.2) is 13.6 Å². The zero-order valence-electron chi connectivity index (χ0n) is 18.3. The number of aliphatic hydroxyl groups excluding tert-OH is 1. The van der Waals surface area contributed by atoms with E-state index < -0.39 is 47.4 Å². The Hall–Kier alpha value is -3.00. The van der Waals surface area contributed by atoms with E-state index in [-0.39, 0.29) is 24.8 Å². The molecule has 0 radical (unpaired) electrons. The molecule has 8 heteroatoms. The van der Waals surface area contributed by atoms with Crippen molar-refractivity contribution in [2.45, 2.75) is 57.8 Å². The van der Waals surface area contributed by atoms with Crippen LogP contribution in [0, 0.1) is 17.6 Å². The van der Waals surface area contributed by atoms with Gasteiger partial charge in [-0.2, -0.15) is 0 Å². The van der Waals surface area contributed by atoms with Crippen LogP contribution in [0.3, 0.4) is 0 Å². The average Bonchev–Trinajstić information content (AvgIpc) is 2.68. The summed E-state index contributed by atoms with van der Waals surface area (Å²) >= 11 is 0. The zero-order valence-corrected chi connectivity index (χ0v) is 18.3. The monoisotopic (exact) mass is 449 g/mol. The van der Waals surface area contributed by atoms with Crippen LogP contribution in [0.15, 0.2) is 48.5 Å². The topological polar surface area (TPSA) is 95.9 Å². The molecule has 0 heterocycles. The summed E-state index contributed by atoms with van der Waals surface area (Å²) < 4.78 is 32.4. The van der Waals surface area contributed by atoms with Crippen molar-refractivity contribution in [2.24, 2.45) is 5.92 Å². The smallest absolute Gasteiger partial charge is 0.407 e. The Kier molecular flexibility index (Phi) is 8.72. The standard InChI is InChI=1S/C24H29F2NO5/c1-24(2,3)32-23(31)27-20(11-15-7-5-4-6-8-15)21(28)13-17(22(29)30)12-16-9-10-18(25)14-19(16)26/h4-10,14,17,20-21,28H,11-13H2,1-3H3,(H,27,31)(H,29,30). The molecular weight excluding hydrogens is 420 g/mol. The van der Waals surface area contributed by atoms with E-state index in [2.05, 4.69) is 5.32 Å². The fourth-order valence-electron chi connectivity index (χ4n) is 3.29. The maximum absolute atomic E-state index is 14.0. The van der Waals surface area contributed by atoms with Gasteiger partial charge < -0.3 is 20.3 Å². The maximum Gasteiger partial charge on any atom is 0.407 e. The number of carboxylic acids is 1. The third-order valence-corrected chi connectivity index (χ3v) is 4.82. The van der Waals surface area contributed by atoms with Crippen molar-refractivity contribution in [1.29, 1.82) is 0 Å². The molecule has 0 aromatic heterocycles. The number of benzene rings is 2. The third-order valence-electron chi connectivity index (χ3n) is 4.82. The third kappa shape index (κ3) is 8.26. The second kappa shape index (κ2) is 11.0. The lowest BCUT2D eigenvalue weighted by molar-refractivity contribution is -0.143. The van der Waals surface area contributed by atoms with Gasteiger partial charge in [-0.15, -0.1) is 0 Å². The van der Waals surface area contributed by atoms with Gasteiger partial charge in [0.15, 0.2) is 0 Å². The molecule has 0 aliphatic carbocycles. The van der Waals surface area contributed by atoms with Crippen molar-refractivity contribution in [3.05, 3.63) is 71.3 Å². The van der Waals surface area contributed by atoms with Gasteiger partial charge in [0.2, 0.25) is 0 Å². The number of hydrogen-bond acceptors (Lipinski definition) is 4. The van der Waals surface area contributed by atoms with Crippen LogP contribution < -0.4 is 5.32 Å². The van der Waals surface area contributed by atoms with E-state index >= 15 is 0 Å². The predicted octanol–water partition coefficient (Wildman–Crippen LogP) is 4.10. The van der Waals surface area contributed by atoms with Crippen molar-refractivity contribution < 1.29 is 33.3 Å². The number of carbonyl (C=O) groups is 2. The molecule has 0 saturated heterocycles. The van der Waals surface area contributed by atoms with E-state index in [9.17, 15) is 28.6 Å². The Morgan fingerprint density at radius 3 is 2.28 bits per heavy atom. The summed E-state index contributed by atoms with van der Waals surface area (Å²) in [4.78, 5) is 24.1. The van der Waals surface area contributed by atoms with Crippen molar-refractivity contribution in [1.82, 2.24) is 5.32 Å². The van der Waals surface area contributed by atoms with E-state index in [0.29, 0.717) is 6.07 Å². The first-order valence-corrected chi connectivity index (χ1v) is 10.3. The molecule has 2 aromatic carbocycles. The van der Waals surface area contributed by atoms with Gasteiger partial charge in [0.1, 0.15) is 17.2 Å². The Morgan fingerprint density at radius 1 is 1.06 bits per heavy atom. The number of carbonyl (C=O) groups excluding carboxylic acids is 1. The number of rotatable bonds is 9. The SMILES string of the molecule is CC(C)(C)OC(=O)NC(Cc1ccccc1)C(O)CC(Cc1ccc(F)cc1F)C(=O)O. The molecule has 0 spiro atoms. The molecule has 0 bridgehead atoms. The molecule has 1 amide bonds. The Morgan fingerprint density at radius 2 is 1.72 bits per heavy atom. The minimum absolute atomic E-state index is 0.0331. The van der Waals surface area contributed by atoms with Crippen molar-refractivity contribution in [3.63, 3.8) is 0 Å². The van der Waals surface area contributed by atoms with Gasteiger partial charge in [0.05, 0.1) is 18.1 Å². The quantitative estimate of drug-likeness (QED) is 0.536. The number of carboxylic acid groups (broad SMARTS) is 1. The van der Waals surface area contributed by atoms with E-state index in [0.717, 1.165) is 11.6 Å². The molecule has 3 N–H and O–H groups in total. The van der Waals surface area contributed by atoms with E-state index in [4.69, 9.17) is 4.74 Å². The van der Waals surface area contributed by atoms with Gasteiger partial charge >= 0.3 is 12.1 Å². The minimum Gasteiger partial charge on any atom is -0.481 e. The molecule has 32 heavy (non-hydrogen) atoms. The molecule has 2 rings (SSSR count). The van der Waals surface area contributed by atoms with Gasteiger partial charge in [0, 0.05) is 6.07 Å². The molecule has 2 aromatic rings. The highest BCUT2D eigenvalue weighted by atomic mass is 19.1. The molecule has 3 atom stereocenters. The lowest BCUT2D eigenvalue weighted by Crippen LogP contribution is -2.47. The van der Waals surface area contributed by atoms with Gasteiger partial charge in [-0.3, -0.25) is 4.79 Å². The summed E-state index contributed by atoms with van der Waals surface area (Å²) in [5, 5.41) is 23.1. The van der Waals surface area contributed by atoms with Crippen LogP contribution in [0.1, 0.15) is 38.3 Å². The van der Waals surface area contributed by atoms with Crippen LogP contribution in [0.4, 0.5) is 13.6 Å². The van der Waals surface area contributed by atoms with E-state index in [1.807, 2.05) is 30.3 Å². The average molecular weight is 449 g/mol. The summed E-state index contributed by atoms with van der Waals surface area (Å²) in [6.45, 7) is 5.10. The van der Waals surface area contributed by atoms with Crippen molar-refractivity contribution >= 4 is 12.1 Å². The summed E-state index contributed by atoms with van der Waals surface area (Å²) in [6, 6.07) is 11.2. The van der Waals surface area contributed by atoms with Gasteiger partial charge in [0.25, 0.3) is 0 Å². The molecule has 3 unspecified atom stereocenters. The number of ether oxygens (including phenoxy) is 1. The Labute approximate surface area is 186 Å². The number of aliphatic carboxylic acids is 1. The molecule has 0 saturated carbocycles. The van der Waals surface area contributed by atoms with Gasteiger partial charge in [-0.05, 0) is 57.2 Å². The highest BCUT2D eigenvalue weighted by Gasteiger charge is 2.30. The predicted molar refractivity (Wildman–Crippen MR) is 115 cm³/mol. The highest BCUT2D eigenvalue weighted by molar-refractivity contribution is 5.70. The number of hydrogen-bond donors (Lipinski definition) is 3. The lowest BCUT2D eigenvalue weighted by Gasteiger charge is -2.28. The highest BCUT2D eigenvalue weighted by Crippen LogP contribution is 2.21. The van der Waals surface area contributed by atoms with E-state index in [1.54, 1.807) is 20.8 Å². The van der Waals surface area contributed by atoms with Crippen LogP contribution >= 0.6 is 0 Å². The number of aliphatic hydroxyl groups is 1. The molecular formula is C24H29F2NO5. The van der Waals surface area contributed by atoms with Crippen LogP contribution in [-0.2, 0) is 22.4 Å². The number of alkyl carbamates (subject to hydrolysis) is 1. The summed E-state index contributed by atoms with van der Waals surface area (Å²) in [7, 11) is 0. The van der Waals surface area contributed by atoms with Crippen LogP contribution in [0.5, 0.6) is 0 Å². The normalized spacial score (nSPS) is 14.3. The van der Waals surface area contributed by atoms with Crippen LogP contribution in [-0.4, -0.2) is 40.0 Å². The zero-order chi connectivity index (χ0) is 23.9. The Balaban J connectivity index is 2.18. The second-order valence-electron chi connectivity index (χ2n) is 8.72. The van der Waals surface area contributed by atoms with Crippen LogP contribution in [0.2, 0.25) is 0 Å². The fraction of sp³-hybridized carbons (Fsp3) is 0.417. The first kappa shape index (κ1) is 25.3. The molecule has 6 nitrogen and oxygen atoms in total. The van der Waals surface area contributed by atoms with Crippen molar-refractivity contribution in [3.8, 4) is 0 Å². The fourth-order valence-corrected chi connectivity index (χ4v) is 3.29. The molecule has 0 aliphatic rings. The summed E-state index contributed by atoms with van der Waals surface area (Å²) in [5.74, 6) is -3.99. The second-order valence-corrected chi connectivity index (χ2v) is 8.72. The number of halogens is 2. The van der Waals surface area contributed by atoms with Crippen molar-refractivity contribution in [2.75, 3.05) is 0 Å². The lowest BCUT2D eigenvalue weighted by atomic mass is 9.89.